The maximum absolute atomic E-state index is 12.8. The summed E-state index contributed by atoms with van der Waals surface area (Å²) in [5.74, 6) is 0.218. The molecular formula is C20H23ClN6O2S2. The molecule has 0 saturated carbocycles. The number of aromatic nitrogens is 5. The van der Waals surface area contributed by atoms with Crippen LogP contribution in [0, 0.1) is 13.8 Å². The molecule has 0 aliphatic rings. The highest BCUT2D eigenvalue weighted by Gasteiger charge is 2.26. The Kier molecular flexibility index (Phi) is 7.14. The second-order valence-electron chi connectivity index (χ2n) is 6.94. The lowest BCUT2D eigenvalue weighted by molar-refractivity contribution is 0.514. The van der Waals surface area contributed by atoms with Crippen LogP contribution in [-0.2, 0) is 10.0 Å². The van der Waals surface area contributed by atoms with Gasteiger partial charge in [-0.3, -0.25) is 19.5 Å². The van der Waals surface area contributed by atoms with Gasteiger partial charge in [-0.2, -0.15) is 10.2 Å². The summed E-state index contributed by atoms with van der Waals surface area (Å²) in [7, 11) is -3.79. The van der Waals surface area contributed by atoms with Gasteiger partial charge in [0.25, 0.3) is 10.0 Å². The van der Waals surface area contributed by atoms with Crippen LogP contribution in [0.1, 0.15) is 31.3 Å². The molecule has 0 unspecified atom stereocenters. The molecule has 31 heavy (non-hydrogen) atoms. The van der Waals surface area contributed by atoms with Crippen molar-refractivity contribution in [1.82, 2.24) is 25.0 Å². The molecule has 0 aliphatic heterocycles. The van der Waals surface area contributed by atoms with Crippen LogP contribution in [0.15, 0.2) is 53.7 Å². The Morgan fingerprint density at radius 3 is 2.35 bits per heavy atom. The minimum absolute atomic E-state index is 0.0724. The SMILES string of the molecule is Cc1nn(C(C)C)c(C)c1S(=O)(=O)Nc1cc(-c2ccc(Cl)s2)[nH]n1.c1ccncc1. The molecule has 4 rings (SSSR count). The second-order valence-corrected chi connectivity index (χ2v) is 10.3. The van der Waals surface area contributed by atoms with E-state index in [0.717, 1.165) is 4.88 Å². The summed E-state index contributed by atoms with van der Waals surface area (Å²) >= 11 is 7.31. The number of nitrogens with zero attached hydrogens (tertiary/aromatic N) is 4. The van der Waals surface area contributed by atoms with Crippen LogP contribution in [0.4, 0.5) is 5.82 Å². The highest BCUT2D eigenvalue weighted by Crippen LogP contribution is 2.31. The van der Waals surface area contributed by atoms with Gasteiger partial charge in [0.2, 0.25) is 0 Å². The average Bonchev–Trinajstić information content (AvgIpc) is 3.42. The summed E-state index contributed by atoms with van der Waals surface area (Å²) in [4.78, 5) is 4.85. The van der Waals surface area contributed by atoms with Gasteiger partial charge >= 0.3 is 0 Å². The van der Waals surface area contributed by atoms with Gasteiger partial charge in [0.05, 0.1) is 26.3 Å². The summed E-state index contributed by atoms with van der Waals surface area (Å²) < 4.78 is 30.5. The Morgan fingerprint density at radius 1 is 1.16 bits per heavy atom. The maximum Gasteiger partial charge on any atom is 0.266 e. The Balaban J connectivity index is 0.000000391. The molecule has 0 atom stereocenters. The van der Waals surface area contributed by atoms with E-state index in [1.165, 1.54) is 11.3 Å². The summed E-state index contributed by atoms with van der Waals surface area (Å²) in [6.07, 6.45) is 3.50. The van der Waals surface area contributed by atoms with Crippen LogP contribution < -0.4 is 4.72 Å². The van der Waals surface area contributed by atoms with E-state index in [2.05, 4.69) is 25.0 Å². The number of anilines is 1. The molecule has 2 N–H and O–H groups in total. The van der Waals surface area contributed by atoms with Gasteiger partial charge in [0.1, 0.15) is 4.90 Å². The number of nitrogens with one attached hydrogen (secondary N) is 2. The predicted molar refractivity (Wildman–Crippen MR) is 124 cm³/mol. The van der Waals surface area contributed by atoms with E-state index in [0.29, 0.717) is 21.4 Å². The van der Waals surface area contributed by atoms with Crippen LogP contribution in [0.2, 0.25) is 4.34 Å². The number of thiophene rings is 1. The molecule has 4 heterocycles. The molecule has 11 heteroatoms. The van der Waals surface area contributed by atoms with Crippen LogP contribution in [0.3, 0.4) is 0 Å². The number of sulfonamides is 1. The summed E-state index contributed by atoms with van der Waals surface area (Å²) in [5.41, 5.74) is 1.75. The zero-order valence-electron chi connectivity index (χ0n) is 17.5. The molecule has 4 aromatic heterocycles. The Hall–Kier alpha value is -2.69. The molecule has 0 aromatic carbocycles. The molecular weight excluding hydrogens is 456 g/mol. The second kappa shape index (κ2) is 9.63. The van der Waals surface area contributed by atoms with Gasteiger partial charge in [0.15, 0.2) is 5.82 Å². The standard InChI is InChI=1S/C15H18ClN5O2S2.C5H5N/c1-8(2)21-10(4)15(9(3)19-21)25(22,23)20-14-7-11(17-18-14)12-5-6-13(16)24-12;1-2-4-6-5-3-1/h5-8H,1-4H3,(H2,17,18,20);1-5H. The van der Waals surface area contributed by atoms with Crippen LogP contribution in [0.5, 0.6) is 0 Å². The van der Waals surface area contributed by atoms with Gasteiger partial charge in [-0.05, 0) is 52.0 Å². The van der Waals surface area contributed by atoms with E-state index in [-0.39, 0.29) is 16.8 Å². The number of rotatable bonds is 5. The minimum Gasteiger partial charge on any atom is -0.275 e. The largest absolute Gasteiger partial charge is 0.275 e. The normalized spacial score (nSPS) is 11.3. The first-order valence-electron chi connectivity index (χ1n) is 9.43. The zero-order valence-corrected chi connectivity index (χ0v) is 19.9. The smallest absolute Gasteiger partial charge is 0.266 e. The van der Waals surface area contributed by atoms with Crippen molar-refractivity contribution in [3.8, 4) is 10.6 Å². The van der Waals surface area contributed by atoms with Crippen molar-refractivity contribution in [2.24, 2.45) is 0 Å². The van der Waals surface area contributed by atoms with Gasteiger partial charge in [-0.25, -0.2) is 8.42 Å². The Morgan fingerprint density at radius 2 is 1.87 bits per heavy atom. The lowest BCUT2D eigenvalue weighted by atomic mass is 10.3. The minimum atomic E-state index is -3.79. The lowest BCUT2D eigenvalue weighted by Gasteiger charge is -2.09. The van der Waals surface area contributed by atoms with E-state index in [9.17, 15) is 8.42 Å². The van der Waals surface area contributed by atoms with Crippen LogP contribution in [0.25, 0.3) is 10.6 Å². The van der Waals surface area contributed by atoms with Crippen molar-refractivity contribution in [3.63, 3.8) is 0 Å². The molecule has 164 valence electrons. The zero-order chi connectivity index (χ0) is 22.6. The van der Waals surface area contributed by atoms with Crippen molar-refractivity contribution < 1.29 is 8.42 Å². The quantitative estimate of drug-likeness (QED) is 0.416. The highest BCUT2D eigenvalue weighted by atomic mass is 35.5. The molecule has 8 nitrogen and oxygen atoms in total. The van der Waals surface area contributed by atoms with E-state index in [1.807, 2.05) is 38.1 Å². The van der Waals surface area contributed by atoms with E-state index in [4.69, 9.17) is 11.6 Å². The van der Waals surface area contributed by atoms with E-state index >= 15 is 0 Å². The molecule has 0 radical (unpaired) electrons. The number of aryl methyl sites for hydroxylation is 1. The van der Waals surface area contributed by atoms with Gasteiger partial charge in [0, 0.05) is 24.5 Å². The fourth-order valence-electron chi connectivity index (χ4n) is 3.00. The topological polar surface area (TPSA) is 106 Å². The third kappa shape index (κ3) is 5.52. The summed E-state index contributed by atoms with van der Waals surface area (Å²) in [5, 5.41) is 11.2. The molecule has 4 aromatic rings. The van der Waals surface area contributed by atoms with Crippen LogP contribution in [-0.4, -0.2) is 33.4 Å². The number of H-pyrrole nitrogens is 1. The molecule has 0 aliphatic carbocycles. The van der Waals surface area contributed by atoms with E-state index < -0.39 is 10.0 Å². The van der Waals surface area contributed by atoms with Crippen molar-refractivity contribution in [2.45, 2.75) is 38.6 Å². The maximum atomic E-state index is 12.8. The first-order valence-corrected chi connectivity index (χ1v) is 12.1. The Bertz CT molecular complexity index is 1220. The number of halogens is 1. The summed E-state index contributed by atoms with van der Waals surface area (Å²) in [6, 6.07) is 11.0. The predicted octanol–water partition coefficient (Wildman–Crippen LogP) is 5.07. The third-order valence-electron chi connectivity index (χ3n) is 4.24. The number of hydrogen-bond donors (Lipinski definition) is 2. The fourth-order valence-corrected chi connectivity index (χ4v) is 5.40. The lowest BCUT2D eigenvalue weighted by Crippen LogP contribution is -2.15. The first-order chi connectivity index (χ1) is 14.7. The van der Waals surface area contributed by atoms with Crippen molar-refractivity contribution in [2.75, 3.05) is 4.72 Å². The highest BCUT2D eigenvalue weighted by molar-refractivity contribution is 7.92. The van der Waals surface area contributed by atoms with Gasteiger partial charge in [-0.15, -0.1) is 11.3 Å². The van der Waals surface area contributed by atoms with Gasteiger partial charge in [-0.1, -0.05) is 17.7 Å². The average molecular weight is 479 g/mol. The van der Waals surface area contributed by atoms with Crippen molar-refractivity contribution >= 4 is 38.8 Å². The Labute approximate surface area is 190 Å². The van der Waals surface area contributed by atoms with Crippen molar-refractivity contribution in [1.29, 1.82) is 0 Å². The molecule has 0 bridgehead atoms. The van der Waals surface area contributed by atoms with Crippen molar-refractivity contribution in [3.05, 3.63) is 64.5 Å². The summed E-state index contributed by atoms with van der Waals surface area (Å²) in [6.45, 7) is 7.34. The monoisotopic (exact) mass is 478 g/mol. The van der Waals surface area contributed by atoms with Crippen LogP contribution >= 0.6 is 22.9 Å². The molecule has 0 amide bonds. The fraction of sp³-hybridized carbons (Fsp3) is 0.250. The van der Waals surface area contributed by atoms with E-state index in [1.54, 1.807) is 43.1 Å². The first kappa shape index (κ1) is 23.0. The molecule has 0 saturated heterocycles. The van der Waals surface area contributed by atoms with Gasteiger partial charge < -0.3 is 0 Å². The third-order valence-corrected chi connectivity index (χ3v) is 7.11. The number of hydrogen-bond acceptors (Lipinski definition) is 6. The number of aromatic amines is 1. The molecule has 0 fully saturated rings. The molecule has 0 spiro atoms. The number of pyridine rings is 1.